The van der Waals surface area contributed by atoms with E-state index in [2.05, 4.69) is 11.8 Å². The minimum Gasteiger partial charge on any atom is -0.378 e. The van der Waals surface area contributed by atoms with Crippen LogP contribution in [0, 0.1) is 11.8 Å². The quantitative estimate of drug-likeness (QED) is 0.748. The van der Waals surface area contributed by atoms with Crippen molar-refractivity contribution >= 4 is 23.2 Å². The molecule has 1 aromatic rings. The predicted octanol–water partition coefficient (Wildman–Crippen LogP) is 3.51. The van der Waals surface area contributed by atoms with Gasteiger partial charge < -0.3 is 5.11 Å². The van der Waals surface area contributed by atoms with E-state index in [1.54, 1.807) is 25.1 Å². The number of hydrogen-bond donors (Lipinski definition) is 1. The first-order valence-corrected chi connectivity index (χ1v) is 5.41. The molecule has 0 bridgehead atoms. The summed E-state index contributed by atoms with van der Waals surface area (Å²) in [6.45, 7) is 3.56. The highest BCUT2D eigenvalue weighted by atomic mass is 35.5. The van der Waals surface area contributed by atoms with Crippen LogP contribution >= 0.6 is 23.2 Å². The number of hydrogen-bond acceptors (Lipinski definition) is 1. The van der Waals surface area contributed by atoms with Gasteiger partial charge in [0.15, 0.2) is 0 Å². The number of aliphatic hydroxyl groups is 1. The Morgan fingerprint density at radius 2 is 2.00 bits per heavy atom. The molecule has 1 nitrogen and oxygen atoms in total. The molecule has 0 fully saturated rings. The molecule has 0 aliphatic heterocycles. The predicted molar refractivity (Wildman–Crippen MR) is 64.3 cm³/mol. The van der Waals surface area contributed by atoms with Crippen molar-refractivity contribution in [2.45, 2.75) is 25.9 Å². The summed E-state index contributed by atoms with van der Waals surface area (Å²) < 4.78 is 0. The van der Waals surface area contributed by atoms with Gasteiger partial charge in [-0.2, -0.15) is 0 Å². The first-order chi connectivity index (χ1) is 6.94. The van der Waals surface area contributed by atoms with Crippen molar-refractivity contribution in [2.24, 2.45) is 0 Å². The van der Waals surface area contributed by atoms with Crippen molar-refractivity contribution in [1.29, 1.82) is 0 Å². The second kappa shape index (κ2) is 4.90. The van der Waals surface area contributed by atoms with Gasteiger partial charge in [-0.05, 0) is 31.5 Å². The Kier molecular flexibility index (Phi) is 4.04. The van der Waals surface area contributed by atoms with Crippen molar-refractivity contribution in [3.63, 3.8) is 0 Å². The summed E-state index contributed by atoms with van der Waals surface area (Å²) >= 11 is 11.6. The summed E-state index contributed by atoms with van der Waals surface area (Å²) in [4.78, 5) is 0. The van der Waals surface area contributed by atoms with Crippen LogP contribution in [0.25, 0.3) is 0 Å². The second-order valence-electron chi connectivity index (χ2n) is 3.51. The molecular formula is C12H12Cl2O. The van der Waals surface area contributed by atoms with Crippen molar-refractivity contribution in [3.05, 3.63) is 33.8 Å². The van der Waals surface area contributed by atoms with Gasteiger partial charge in [0.2, 0.25) is 0 Å². The average molecular weight is 243 g/mol. The highest BCUT2D eigenvalue weighted by molar-refractivity contribution is 6.42. The molecular weight excluding hydrogens is 231 g/mol. The van der Waals surface area contributed by atoms with E-state index in [0.29, 0.717) is 16.5 Å². The average Bonchev–Trinajstić information content (AvgIpc) is 2.20. The SMILES string of the molecule is CCC(C)(O)C#Cc1ccc(Cl)c(Cl)c1. The zero-order chi connectivity index (χ0) is 11.5. The summed E-state index contributed by atoms with van der Waals surface area (Å²) in [5.74, 6) is 5.64. The van der Waals surface area contributed by atoms with Crippen LogP contribution in [0.2, 0.25) is 10.0 Å². The van der Waals surface area contributed by atoms with Crippen molar-refractivity contribution in [3.8, 4) is 11.8 Å². The second-order valence-corrected chi connectivity index (χ2v) is 4.32. The van der Waals surface area contributed by atoms with Gasteiger partial charge in [-0.25, -0.2) is 0 Å². The molecule has 0 saturated carbocycles. The maximum atomic E-state index is 9.68. The third-order valence-electron chi connectivity index (χ3n) is 2.08. The third-order valence-corrected chi connectivity index (χ3v) is 2.82. The maximum Gasteiger partial charge on any atom is 0.122 e. The molecule has 1 N–H and O–H groups in total. The number of rotatable bonds is 1. The van der Waals surface area contributed by atoms with Crippen molar-refractivity contribution in [1.82, 2.24) is 0 Å². The number of benzene rings is 1. The van der Waals surface area contributed by atoms with Gasteiger partial charge in [0, 0.05) is 5.56 Å². The van der Waals surface area contributed by atoms with E-state index in [-0.39, 0.29) is 0 Å². The van der Waals surface area contributed by atoms with E-state index in [4.69, 9.17) is 23.2 Å². The van der Waals surface area contributed by atoms with Gasteiger partial charge in [-0.3, -0.25) is 0 Å². The van der Waals surface area contributed by atoms with Crippen molar-refractivity contribution in [2.75, 3.05) is 0 Å². The largest absolute Gasteiger partial charge is 0.378 e. The van der Waals surface area contributed by atoms with Crippen LogP contribution in [0.15, 0.2) is 18.2 Å². The lowest BCUT2D eigenvalue weighted by Crippen LogP contribution is -2.19. The Bertz CT molecular complexity index is 413. The van der Waals surface area contributed by atoms with E-state index >= 15 is 0 Å². The normalized spacial score (nSPS) is 13.9. The summed E-state index contributed by atoms with van der Waals surface area (Å²) in [5.41, 5.74) is -0.204. The van der Waals surface area contributed by atoms with Crippen LogP contribution in [0.4, 0.5) is 0 Å². The first kappa shape index (κ1) is 12.4. The highest BCUT2D eigenvalue weighted by Gasteiger charge is 2.12. The fourth-order valence-corrected chi connectivity index (χ4v) is 1.17. The molecule has 0 aliphatic carbocycles. The summed E-state index contributed by atoms with van der Waals surface area (Å²) in [6.07, 6.45) is 0.585. The molecule has 1 unspecified atom stereocenters. The molecule has 15 heavy (non-hydrogen) atoms. The minimum atomic E-state index is -0.952. The minimum absolute atomic E-state index is 0.472. The lowest BCUT2D eigenvalue weighted by Gasteiger charge is -2.11. The van der Waals surface area contributed by atoms with Crippen LogP contribution in [0.3, 0.4) is 0 Å². The van der Waals surface area contributed by atoms with Crippen LogP contribution in [0.5, 0.6) is 0 Å². The van der Waals surface area contributed by atoms with E-state index < -0.39 is 5.60 Å². The Morgan fingerprint density at radius 1 is 1.33 bits per heavy atom. The lowest BCUT2D eigenvalue weighted by atomic mass is 10.0. The summed E-state index contributed by atoms with van der Waals surface area (Å²) in [5, 5.41) is 10.7. The van der Waals surface area contributed by atoms with Crippen LogP contribution in [0.1, 0.15) is 25.8 Å². The Morgan fingerprint density at radius 3 is 2.53 bits per heavy atom. The molecule has 1 atom stereocenters. The van der Waals surface area contributed by atoms with Crippen LogP contribution in [-0.2, 0) is 0 Å². The number of halogens is 2. The molecule has 0 spiro atoms. The molecule has 0 saturated heterocycles. The van der Waals surface area contributed by atoms with Crippen LogP contribution < -0.4 is 0 Å². The molecule has 0 amide bonds. The molecule has 1 rings (SSSR count). The molecule has 1 aromatic carbocycles. The highest BCUT2D eigenvalue weighted by Crippen LogP contribution is 2.22. The molecule has 80 valence electrons. The molecule has 3 heteroatoms. The molecule has 0 aliphatic rings. The monoisotopic (exact) mass is 242 g/mol. The summed E-state index contributed by atoms with van der Waals surface area (Å²) in [7, 11) is 0. The third kappa shape index (κ3) is 3.76. The zero-order valence-corrected chi connectivity index (χ0v) is 10.2. The molecule has 0 radical (unpaired) electrons. The van der Waals surface area contributed by atoms with Gasteiger partial charge >= 0.3 is 0 Å². The van der Waals surface area contributed by atoms with Crippen molar-refractivity contribution < 1.29 is 5.11 Å². The van der Waals surface area contributed by atoms with Gasteiger partial charge in [0.25, 0.3) is 0 Å². The van der Waals surface area contributed by atoms with E-state index in [0.717, 1.165) is 5.56 Å². The van der Waals surface area contributed by atoms with E-state index in [9.17, 15) is 5.11 Å². The molecule has 0 heterocycles. The fraction of sp³-hybridized carbons (Fsp3) is 0.333. The fourth-order valence-electron chi connectivity index (χ4n) is 0.869. The van der Waals surface area contributed by atoms with E-state index in [1.165, 1.54) is 0 Å². The van der Waals surface area contributed by atoms with Gasteiger partial charge in [0.05, 0.1) is 10.0 Å². The topological polar surface area (TPSA) is 20.2 Å². The first-order valence-electron chi connectivity index (χ1n) is 4.65. The molecule has 0 aromatic heterocycles. The van der Waals surface area contributed by atoms with Gasteiger partial charge in [-0.15, -0.1) is 0 Å². The maximum absolute atomic E-state index is 9.68. The van der Waals surface area contributed by atoms with Crippen LogP contribution in [-0.4, -0.2) is 10.7 Å². The van der Waals surface area contributed by atoms with E-state index in [1.807, 2.05) is 6.92 Å². The Labute approximate surface area is 100 Å². The van der Waals surface area contributed by atoms with Gasteiger partial charge in [0.1, 0.15) is 5.60 Å². The smallest absolute Gasteiger partial charge is 0.122 e. The zero-order valence-electron chi connectivity index (χ0n) is 8.64. The summed E-state index contributed by atoms with van der Waals surface area (Å²) in [6, 6.07) is 5.14. The standard InChI is InChI=1S/C12H12Cl2O/c1-3-12(2,15)7-6-9-4-5-10(13)11(14)8-9/h4-5,8,15H,3H2,1-2H3. The Balaban J connectivity index is 2.95. The Hall–Kier alpha value is -0.680. The van der Waals surface area contributed by atoms with Gasteiger partial charge in [-0.1, -0.05) is 42.0 Å². The lowest BCUT2D eigenvalue weighted by molar-refractivity contribution is 0.118.